The van der Waals surface area contributed by atoms with Crippen LogP contribution >= 0.6 is 0 Å². The topological polar surface area (TPSA) is 104 Å². The number of fused-ring (bicyclic) bond motifs is 1. The molecule has 9 nitrogen and oxygen atoms in total. The number of nitrogens with zero attached hydrogens (tertiary/aromatic N) is 5. The summed E-state index contributed by atoms with van der Waals surface area (Å²) in [4.78, 5) is 33.7. The van der Waals surface area contributed by atoms with E-state index in [9.17, 15) is 22.8 Å². The van der Waals surface area contributed by atoms with Gasteiger partial charge in [0.25, 0.3) is 11.5 Å². The van der Waals surface area contributed by atoms with Gasteiger partial charge in [-0.1, -0.05) is 12.1 Å². The number of carbonyl (C=O) groups excluding carboxylic acids is 1. The first-order valence-electron chi connectivity index (χ1n) is 10.7. The van der Waals surface area contributed by atoms with Crippen molar-refractivity contribution in [3.8, 4) is 5.88 Å². The van der Waals surface area contributed by atoms with Gasteiger partial charge in [0.05, 0.1) is 31.5 Å². The van der Waals surface area contributed by atoms with E-state index in [-0.39, 0.29) is 36.8 Å². The first-order valence-corrected chi connectivity index (χ1v) is 10.7. The maximum absolute atomic E-state index is 13.0. The molecule has 0 aliphatic heterocycles. The molecule has 1 amide bonds. The highest BCUT2D eigenvalue weighted by molar-refractivity contribution is 5.96. The molecule has 182 valence electrons. The third-order valence-corrected chi connectivity index (χ3v) is 5.14. The van der Waals surface area contributed by atoms with E-state index in [0.29, 0.717) is 23.4 Å². The van der Waals surface area contributed by atoms with Gasteiger partial charge in [-0.05, 0) is 36.8 Å². The van der Waals surface area contributed by atoms with Gasteiger partial charge in [0.2, 0.25) is 5.88 Å². The van der Waals surface area contributed by atoms with E-state index in [1.165, 1.54) is 40.1 Å². The fraction of sp³-hybridized carbons (Fsp3) is 0.261. The number of carbonyl (C=O) groups is 1. The van der Waals surface area contributed by atoms with Crippen LogP contribution in [0.15, 0.2) is 59.9 Å². The van der Waals surface area contributed by atoms with Crippen LogP contribution in [0.1, 0.15) is 28.4 Å². The van der Waals surface area contributed by atoms with E-state index >= 15 is 0 Å². The first-order chi connectivity index (χ1) is 16.8. The lowest BCUT2D eigenvalue weighted by Gasteiger charge is -2.10. The summed E-state index contributed by atoms with van der Waals surface area (Å²) < 4.78 is 47.0. The Hall–Kier alpha value is -4.22. The monoisotopic (exact) mass is 486 g/mol. The van der Waals surface area contributed by atoms with Crippen molar-refractivity contribution in [1.82, 2.24) is 29.6 Å². The Morgan fingerprint density at radius 1 is 1.17 bits per heavy atom. The molecular weight excluding hydrogens is 465 g/mol. The Balaban J connectivity index is 1.46. The zero-order valence-electron chi connectivity index (χ0n) is 18.6. The van der Waals surface area contributed by atoms with Crippen LogP contribution in [0.25, 0.3) is 11.0 Å². The number of benzene rings is 1. The summed E-state index contributed by atoms with van der Waals surface area (Å²) in [6.07, 6.45) is -0.320. The van der Waals surface area contributed by atoms with Crippen molar-refractivity contribution in [1.29, 1.82) is 0 Å². The summed E-state index contributed by atoms with van der Waals surface area (Å²) in [6.45, 7) is 2.53. The average Bonchev–Trinajstić information content (AvgIpc) is 3.25. The minimum absolute atomic E-state index is 0.0692. The number of rotatable bonds is 8. The molecular formula is C23H21F3N6O3. The second-order valence-electron chi connectivity index (χ2n) is 7.53. The third kappa shape index (κ3) is 5.31. The van der Waals surface area contributed by atoms with Gasteiger partial charge in [-0.15, -0.1) is 0 Å². The number of amides is 1. The third-order valence-electron chi connectivity index (χ3n) is 5.14. The van der Waals surface area contributed by atoms with Gasteiger partial charge < -0.3 is 10.1 Å². The summed E-state index contributed by atoms with van der Waals surface area (Å²) in [7, 11) is 0. The molecule has 12 heteroatoms. The van der Waals surface area contributed by atoms with Gasteiger partial charge in [-0.3, -0.25) is 14.2 Å². The maximum atomic E-state index is 13.0. The number of ether oxygens (including phenoxy) is 1. The number of alkyl halides is 3. The van der Waals surface area contributed by atoms with E-state index in [4.69, 9.17) is 4.74 Å². The molecule has 0 unspecified atom stereocenters. The molecule has 4 aromatic rings. The Labute approximate surface area is 197 Å². The Morgan fingerprint density at radius 3 is 2.77 bits per heavy atom. The molecule has 1 aromatic carbocycles. The lowest BCUT2D eigenvalue weighted by Crippen LogP contribution is -2.28. The van der Waals surface area contributed by atoms with E-state index in [1.807, 2.05) is 0 Å². The number of pyridine rings is 1. The Bertz CT molecular complexity index is 1410. The van der Waals surface area contributed by atoms with Crippen LogP contribution in [0.4, 0.5) is 13.2 Å². The average molecular weight is 486 g/mol. The van der Waals surface area contributed by atoms with Crippen molar-refractivity contribution in [3.63, 3.8) is 0 Å². The van der Waals surface area contributed by atoms with Gasteiger partial charge in [-0.2, -0.15) is 18.3 Å². The van der Waals surface area contributed by atoms with Crippen molar-refractivity contribution < 1.29 is 22.7 Å². The summed E-state index contributed by atoms with van der Waals surface area (Å²) in [6, 6.07) is 8.02. The smallest absolute Gasteiger partial charge is 0.416 e. The number of halogens is 3. The fourth-order valence-electron chi connectivity index (χ4n) is 3.50. The zero-order chi connectivity index (χ0) is 25.0. The highest BCUT2D eigenvalue weighted by Crippen LogP contribution is 2.29. The van der Waals surface area contributed by atoms with Gasteiger partial charge in [0, 0.05) is 12.7 Å². The van der Waals surface area contributed by atoms with Crippen molar-refractivity contribution in [2.45, 2.75) is 26.2 Å². The molecule has 3 aromatic heterocycles. The molecule has 0 radical (unpaired) electrons. The second-order valence-corrected chi connectivity index (χ2v) is 7.53. The van der Waals surface area contributed by atoms with Crippen LogP contribution in [-0.4, -0.2) is 43.4 Å². The van der Waals surface area contributed by atoms with Crippen LogP contribution in [0.2, 0.25) is 0 Å². The van der Waals surface area contributed by atoms with E-state index in [0.717, 1.165) is 12.1 Å². The van der Waals surface area contributed by atoms with Crippen molar-refractivity contribution >= 4 is 16.9 Å². The molecule has 0 saturated heterocycles. The molecule has 3 heterocycles. The molecule has 4 rings (SSSR count). The van der Waals surface area contributed by atoms with Gasteiger partial charge in [0.15, 0.2) is 5.65 Å². The summed E-state index contributed by atoms with van der Waals surface area (Å²) in [5.74, 6) is -0.130. The molecule has 0 spiro atoms. The fourth-order valence-corrected chi connectivity index (χ4v) is 3.50. The van der Waals surface area contributed by atoms with E-state index in [2.05, 4.69) is 20.4 Å². The minimum Gasteiger partial charge on any atom is -0.477 e. The SMILES string of the molecule is CCOc1ncccc1C(=O)NCCn1ncc2c(=O)n(Cc3cccc(C(F)(F)F)c3)cnc21. The minimum atomic E-state index is -4.47. The lowest BCUT2D eigenvalue weighted by molar-refractivity contribution is -0.137. The number of hydrogen-bond donors (Lipinski definition) is 1. The van der Waals surface area contributed by atoms with Crippen molar-refractivity contribution in [2.75, 3.05) is 13.2 Å². The molecule has 0 aliphatic carbocycles. The van der Waals surface area contributed by atoms with Crippen LogP contribution < -0.4 is 15.6 Å². The van der Waals surface area contributed by atoms with Crippen LogP contribution in [0, 0.1) is 0 Å². The number of nitrogens with one attached hydrogen (secondary N) is 1. The van der Waals surface area contributed by atoms with Gasteiger partial charge in [-0.25, -0.2) is 14.6 Å². The van der Waals surface area contributed by atoms with E-state index < -0.39 is 17.3 Å². The number of hydrogen-bond acceptors (Lipinski definition) is 6. The molecule has 1 N–H and O–H groups in total. The van der Waals surface area contributed by atoms with Crippen LogP contribution in [0.5, 0.6) is 5.88 Å². The highest BCUT2D eigenvalue weighted by atomic mass is 19.4. The zero-order valence-corrected chi connectivity index (χ0v) is 18.6. The molecule has 0 saturated carbocycles. The maximum Gasteiger partial charge on any atom is 0.416 e. The van der Waals surface area contributed by atoms with Crippen molar-refractivity contribution in [3.05, 3.63) is 82.2 Å². The van der Waals surface area contributed by atoms with Crippen LogP contribution in [-0.2, 0) is 19.3 Å². The lowest BCUT2D eigenvalue weighted by atomic mass is 10.1. The molecule has 0 aliphatic rings. The Kier molecular flexibility index (Phi) is 6.80. The molecule has 0 bridgehead atoms. The molecule has 0 fully saturated rings. The highest BCUT2D eigenvalue weighted by Gasteiger charge is 2.30. The molecule has 0 atom stereocenters. The first kappa shape index (κ1) is 23.9. The quantitative estimate of drug-likeness (QED) is 0.411. The Morgan fingerprint density at radius 2 is 2.00 bits per heavy atom. The number of aromatic nitrogens is 5. The summed E-state index contributed by atoms with van der Waals surface area (Å²) in [5.41, 5.74) is -0.290. The van der Waals surface area contributed by atoms with E-state index in [1.54, 1.807) is 19.1 Å². The predicted molar refractivity (Wildman–Crippen MR) is 120 cm³/mol. The van der Waals surface area contributed by atoms with Gasteiger partial charge >= 0.3 is 6.18 Å². The normalized spacial score (nSPS) is 11.5. The predicted octanol–water partition coefficient (Wildman–Crippen LogP) is 2.88. The summed E-state index contributed by atoms with van der Waals surface area (Å²) in [5, 5.41) is 7.14. The largest absolute Gasteiger partial charge is 0.477 e. The second kappa shape index (κ2) is 9.95. The summed E-state index contributed by atoms with van der Waals surface area (Å²) >= 11 is 0. The van der Waals surface area contributed by atoms with Gasteiger partial charge in [0.1, 0.15) is 17.3 Å². The molecule has 35 heavy (non-hydrogen) atoms. The van der Waals surface area contributed by atoms with Crippen molar-refractivity contribution in [2.24, 2.45) is 0 Å². The van der Waals surface area contributed by atoms with Crippen LogP contribution in [0.3, 0.4) is 0 Å². The standard InChI is InChI=1S/C23H21F3N6O3/c1-2-35-21-17(7-4-8-28-21)20(33)27-9-10-32-19-18(12-30-32)22(34)31(14-29-19)13-15-5-3-6-16(11-15)23(24,25)26/h3-8,11-12,14H,2,9-10,13H2,1H3,(H,27,33).